The molecule has 1 aliphatic heterocycles. The minimum Gasteiger partial charge on any atom is -0.497 e. The fourth-order valence-corrected chi connectivity index (χ4v) is 1.51. The van der Waals surface area contributed by atoms with Crippen LogP contribution in [0, 0.1) is 0 Å². The van der Waals surface area contributed by atoms with Gasteiger partial charge < -0.3 is 15.3 Å². The molecular weight excluding hydrogens is 180 g/mol. The van der Waals surface area contributed by atoms with E-state index in [0.717, 1.165) is 29.2 Å². The number of methoxy groups -OCH3 is 1. The number of nitrogens with zero attached hydrogens (tertiary/aromatic N) is 1. The Bertz CT molecular complexity index is 374. The van der Waals surface area contributed by atoms with Gasteiger partial charge in [-0.15, -0.1) is 0 Å². The zero-order valence-corrected chi connectivity index (χ0v) is 7.99. The molecule has 1 aromatic rings. The van der Waals surface area contributed by atoms with E-state index in [1.54, 1.807) is 7.11 Å². The molecule has 2 N–H and O–H groups in total. The maximum absolute atomic E-state index is 5.46. The van der Waals surface area contributed by atoms with E-state index in [2.05, 4.69) is 5.10 Å². The van der Waals surface area contributed by atoms with Crippen LogP contribution in [0.2, 0.25) is 0 Å². The van der Waals surface area contributed by atoms with Crippen LogP contribution in [0.4, 0.5) is 0 Å². The summed E-state index contributed by atoms with van der Waals surface area (Å²) in [4.78, 5) is 0. The Kier molecular flexibility index (Phi) is 2.26. The normalized spacial score (nSPS) is 17.4. The van der Waals surface area contributed by atoms with Crippen molar-refractivity contribution in [3.05, 3.63) is 23.8 Å². The second-order valence-electron chi connectivity index (χ2n) is 3.04. The van der Waals surface area contributed by atoms with Crippen LogP contribution in [0.3, 0.4) is 0 Å². The molecule has 0 amide bonds. The summed E-state index contributed by atoms with van der Waals surface area (Å²) in [5.41, 5.74) is 1.79. The van der Waals surface area contributed by atoms with E-state index >= 15 is 0 Å². The molecule has 14 heavy (non-hydrogen) atoms. The standard InChI is InChI=1S/C10H12N2O2/c1-13-7-2-3-10-8(6-7)9(12-11)4-5-14-10/h2-3,6H,4-5,11H2,1H3. The summed E-state index contributed by atoms with van der Waals surface area (Å²) in [5, 5.41) is 3.75. The highest BCUT2D eigenvalue weighted by atomic mass is 16.5. The van der Waals surface area contributed by atoms with Gasteiger partial charge in [-0.1, -0.05) is 0 Å². The van der Waals surface area contributed by atoms with Gasteiger partial charge in [-0.2, -0.15) is 5.10 Å². The zero-order chi connectivity index (χ0) is 9.97. The summed E-state index contributed by atoms with van der Waals surface area (Å²) in [7, 11) is 1.63. The van der Waals surface area contributed by atoms with Crippen molar-refractivity contribution in [2.45, 2.75) is 6.42 Å². The number of benzene rings is 1. The minimum atomic E-state index is 0.634. The van der Waals surface area contributed by atoms with E-state index in [1.165, 1.54) is 0 Å². The Morgan fingerprint density at radius 3 is 3.07 bits per heavy atom. The lowest BCUT2D eigenvalue weighted by atomic mass is 10.0. The topological polar surface area (TPSA) is 56.8 Å². The van der Waals surface area contributed by atoms with E-state index in [4.69, 9.17) is 15.3 Å². The van der Waals surface area contributed by atoms with Crippen LogP contribution in [0.25, 0.3) is 0 Å². The lowest BCUT2D eigenvalue weighted by Crippen LogP contribution is -2.17. The lowest BCUT2D eigenvalue weighted by Gasteiger charge is -2.18. The van der Waals surface area contributed by atoms with Crippen LogP contribution in [-0.2, 0) is 0 Å². The summed E-state index contributed by atoms with van der Waals surface area (Å²) < 4.78 is 10.6. The Balaban J connectivity index is 2.49. The highest BCUT2D eigenvalue weighted by molar-refractivity contribution is 6.03. The van der Waals surface area contributed by atoms with E-state index in [-0.39, 0.29) is 0 Å². The SMILES string of the molecule is COc1ccc2c(c1)C(=NN)CCO2. The third-order valence-electron chi connectivity index (χ3n) is 2.25. The summed E-state index contributed by atoms with van der Waals surface area (Å²) in [6.45, 7) is 0.634. The molecule has 1 aliphatic rings. The fourth-order valence-electron chi connectivity index (χ4n) is 1.51. The third-order valence-corrected chi connectivity index (χ3v) is 2.25. The molecule has 0 atom stereocenters. The molecule has 74 valence electrons. The highest BCUT2D eigenvalue weighted by Crippen LogP contribution is 2.28. The smallest absolute Gasteiger partial charge is 0.128 e. The molecular formula is C10H12N2O2. The van der Waals surface area contributed by atoms with Crippen molar-refractivity contribution in [3.8, 4) is 11.5 Å². The number of hydrazone groups is 1. The summed E-state index contributed by atoms with van der Waals surface area (Å²) in [5.74, 6) is 6.91. The van der Waals surface area contributed by atoms with E-state index in [9.17, 15) is 0 Å². The second kappa shape index (κ2) is 3.57. The molecule has 0 bridgehead atoms. The van der Waals surface area contributed by atoms with Crippen LogP contribution >= 0.6 is 0 Å². The van der Waals surface area contributed by atoms with Gasteiger partial charge in [0.05, 0.1) is 19.4 Å². The molecule has 0 aliphatic carbocycles. The first-order valence-corrected chi connectivity index (χ1v) is 4.43. The van der Waals surface area contributed by atoms with Crippen LogP contribution in [0.1, 0.15) is 12.0 Å². The minimum absolute atomic E-state index is 0.634. The van der Waals surface area contributed by atoms with E-state index in [1.807, 2.05) is 18.2 Å². The maximum Gasteiger partial charge on any atom is 0.128 e. The molecule has 0 unspecified atom stereocenters. The first-order chi connectivity index (χ1) is 6.85. The van der Waals surface area contributed by atoms with Crippen molar-refractivity contribution in [1.82, 2.24) is 0 Å². The number of ether oxygens (including phenoxy) is 2. The predicted molar refractivity (Wildman–Crippen MR) is 53.8 cm³/mol. The van der Waals surface area contributed by atoms with Crippen molar-refractivity contribution < 1.29 is 9.47 Å². The number of nitrogens with two attached hydrogens (primary N) is 1. The van der Waals surface area contributed by atoms with Crippen molar-refractivity contribution in [1.29, 1.82) is 0 Å². The largest absolute Gasteiger partial charge is 0.497 e. The molecule has 0 spiro atoms. The van der Waals surface area contributed by atoms with E-state index < -0.39 is 0 Å². The number of rotatable bonds is 1. The first-order valence-electron chi connectivity index (χ1n) is 4.43. The van der Waals surface area contributed by atoms with Gasteiger partial charge in [0.15, 0.2) is 0 Å². The van der Waals surface area contributed by atoms with Gasteiger partial charge >= 0.3 is 0 Å². The molecule has 4 nitrogen and oxygen atoms in total. The average molecular weight is 192 g/mol. The van der Waals surface area contributed by atoms with Crippen LogP contribution in [0.15, 0.2) is 23.3 Å². The van der Waals surface area contributed by atoms with Crippen LogP contribution in [-0.4, -0.2) is 19.4 Å². The van der Waals surface area contributed by atoms with Gasteiger partial charge in [0.2, 0.25) is 0 Å². The molecule has 0 fully saturated rings. The van der Waals surface area contributed by atoms with Gasteiger partial charge in [0.1, 0.15) is 11.5 Å². The molecule has 2 rings (SSSR count). The molecule has 0 radical (unpaired) electrons. The highest BCUT2D eigenvalue weighted by Gasteiger charge is 2.17. The van der Waals surface area contributed by atoms with E-state index in [0.29, 0.717) is 6.61 Å². The molecule has 1 aromatic carbocycles. The quantitative estimate of drug-likeness (QED) is 0.536. The number of hydrogen-bond donors (Lipinski definition) is 1. The van der Waals surface area contributed by atoms with Gasteiger partial charge in [0, 0.05) is 12.0 Å². The molecule has 0 aromatic heterocycles. The number of hydrogen-bond acceptors (Lipinski definition) is 4. The third kappa shape index (κ3) is 1.39. The maximum atomic E-state index is 5.46. The van der Waals surface area contributed by atoms with Gasteiger partial charge in [0.25, 0.3) is 0 Å². The second-order valence-corrected chi connectivity index (χ2v) is 3.04. The Morgan fingerprint density at radius 2 is 2.36 bits per heavy atom. The van der Waals surface area contributed by atoms with Crippen molar-refractivity contribution in [2.75, 3.05) is 13.7 Å². The molecule has 0 saturated carbocycles. The van der Waals surface area contributed by atoms with Gasteiger partial charge in [-0.25, -0.2) is 0 Å². The Hall–Kier alpha value is -1.71. The van der Waals surface area contributed by atoms with Gasteiger partial charge in [-0.3, -0.25) is 0 Å². The molecule has 0 saturated heterocycles. The van der Waals surface area contributed by atoms with Crippen molar-refractivity contribution >= 4 is 5.71 Å². The monoisotopic (exact) mass is 192 g/mol. The summed E-state index contributed by atoms with van der Waals surface area (Å²) in [6.07, 6.45) is 0.747. The molecule has 4 heteroatoms. The molecule has 1 heterocycles. The average Bonchev–Trinajstić information content (AvgIpc) is 2.27. The van der Waals surface area contributed by atoms with Crippen molar-refractivity contribution in [2.24, 2.45) is 10.9 Å². The Morgan fingerprint density at radius 1 is 1.50 bits per heavy atom. The fraction of sp³-hybridized carbons (Fsp3) is 0.300. The zero-order valence-electron chi connectivity index (χ0n) is 7.99. The predicted octanol–water partition coefficient (Wildman–Crippen LogP) is 1.14. The van der Waals surface area contributed by atoms with Crippen LogP contribution in [0.5, 0.6) is 11.5 Å². The number of fused-ring (bicyclic) bond motifs is 1. The summed E-state index contributed by atoms with van der Waals surface area (Å²) in [6, 6.07) is 5.62. The first kappa shape index (κ1) is 8.87. The summed E-state index contributed by atoms with van der Waals surface area (Å²) >= 11 is 0. The Labute approximate surface area is 82.3 Å². The van der Waals surface area contributed by atoms with Crippen molar-refractivity contribution in [3.63, 3.8) is 0 Å². The lowest BCUT2D eigenvalue weighted by molar-refractivity contribution is 0.319. The van der Waals surface area contributed by atoms with Crippen LogP contribution < -0.4 is 15.3 Å². The van der Waals surface area contributed by atoms with Gasteiger partial charge in [-0.05, 0) is 18.2 Å².